The van der Waals surface area contributed by atoms with Gasteiger partial charge >= 0.3 is 0 Å². The summed E-state index contributed by atoms with van der Waals surface area (Å²) in [4.78, 5) is -0.554. The number of nitrogens with two attached hydrogens (primary N) is 1. The Balaban J connectivity index is 2.46. The zero-order chi connectivity index (χ0) is 14.9. The van der Waals surface area contributed by atoms with Crippen molar-refractivity contribution in [3.05, 3.63) is 53.8 Å². The zero-order valence-corrected chi connectivity index (χ0v) is 10.7. The first kappa shape index (κ1) is 14.2. The van der Waals surface area contributed by atoms with Gasteiger partial charge in [0.05, 0.1) is 11.4 Å². The van der Waals surface area contributed by atoms with Gasteiger partial charge in [-0.3, -0.25) is 4.72 Å². The minimum atomic E-state index is -4.33. The van der Waals surface area contributed by atoms with Gasteiger partial charge in [-0.05, 0) is 30.3 Å². The van der Waals surface area contributed by atoms with Crippen LogP contribution in [0.3, 0.4) is 0 Å². The van der Waals surface area contributed by atoms with E-state index in [1.165, 1.54) is 0 Å². The van der Waals surface area contributed by atoms with Crippen LogP contribution in [0.4, 0.5) is 24.5 Å². The highest BCUT2D eigenvalue weighted by Crippen LogP contribution is 2.24. The molecule has 2 aromatic carbocycles. The van der Waals surface area contributed by atoms with Crippen molar-refractivity contribution >= 4 is 21.4 Å². The maximum atomic E-state index is 13.4. The second-order valence-corrected chi connectivity index (χ2v) is 5.56. The molecule has 0 saturated heterocycles. The maximum Gasteiger partial charge on any atom is 0.264 e. The lowest BCUT2D eigenvalue weighted by molar-refractivity contribution is 0.591. The van der Waals surface area contributed by atoms with Crippen molar-refractivity contribution in [1.82, 2.24) is 0 Å². The number of nitrogen functional groups attached to an aromatic ring is 1. The number of rotatable bonds is 3. The molecule has 2 aromatic rings. The van der Waals surface area contributed by atoms with Crippen LogP contribution in [0.2, 0.25) is 0 Å². The lowest BCUT2D eigenvalue weighted by Crippen LogP contribution is -2.16. The van der Waals surface area contributed by atoms with E-state index in [1.54, 1.807) is 0 Å². The summed E-state index contributed by atoms with van der Waals surface area (Å²) >= 11 is 0. The van der Waals surface area contributed by atoms with Gasteiger partial charge in [0.2, 0.25) is 0 Å². The van der Waals surface area contributed by atoms with Crippen LogP contribution in [0, 0.1) is 17.5 Å². The fourth-order valence-electron chi connectivity index (χ4n) is 1.52. The number of hydrogen-bond donors (Lipinski definition) is 2. The van der Waals surface area contributed by atoms with Crippen molar-refractivity contribution in [3.8, 4) is 0 Å². The second kappa shape index (κ2) is 5.04. The molecular formula is C12H9F3N2O2S. The smallest absolute Gasteiger partial charge is 0.264 e. The number of halogens is 3. The van der Waals surface area contributed by atoms with Gasteiger partial charge in [-0.25, -0.2) is 21.6 Å². The van der Waals surface area contributed by atoms with Gasteiger partial charge in [0, 0.05) is 6.07 Å². The van der Waals surface area contributed by atoms with Crippen LogP contribution in [-0.2, 0) is 10.0 Å². The van der Waals surface area contributed by atoms with E-state index < -0.39 is 38.1 Å². The van der Waals surface area contributed by atoms with E-state index >= 15 is 0 Å². The van der Waals surface area contributed by atoms with Gasteiger partial charge in [-0.1, -0.05) is 0 Å². The summed E-state index contributed by atoms with van der Waals surface area (Å²) in [6.07, 6.45) is 0. The Morgan fingerprint density at radius 2 is 1.55 bits per heavy atom. The molecule has 0 heterocycles. The summed E-state index contributed by atoms with van der Waals surface area (Å²) in [6, 6.07) is 5.01. The highest BCUT2D eigenvalue weighted by Gasteiger charge is 2.20. The summed E-state index contributed by atoms with van der Waals surface area (Å²) in [5.74, 6) is -2.61. The quantitative estimate of drug-likeness (QED) is 0.856. The maximum absolute atomic E-state index is 13.4. The predicted octanol–water partition coefficient (Wildman–Crippen LogP) is 2.49. The van der Waals surface area contributed by atoms with Crippen LogP contribution in [0.25, 0.3) is 0 Å². The predicted molar refractivity (Wildman–Crippen MR) is 68.0 cm³/mol. The van der Waals surface area contributed by atoms with E-state index in [4.69, 9.17) is 5.73 Å². The third-order valence-electron chi connectivity index (χ3n) is 2.44. The Bertz CT molecular complexity index is 763. The standard InChI is InChI=1S/C12H9F3N2O2S/c13-7-1-3-9(15)11(5-7)17-20(18,19)12-6-8(14)2-4-10(12)16/h1-6,17H,16H2. The molecule has 0 saturated carbocycles. The number of sulfonamides is 1. The summed E-state index contributed by atoms with van der Waals surface area (Å²) < 4.78 is 65.3. The van der Waals surface area contributed by atoms with Crippen molar-refractivity contribution < 1.29 is 21.6 Å². The molecular weight excluding hydrogens is 293 g/mol. The molecule has 3 N–H and O–H groups in total. The van der Waals surface area contributed by atoms with Crippen LogP contribution < -0.4 is 10.5 Å². The van der Waals surface area contributed by atoms with Gasteiger partial charge < -0.3 is 5.73 Å². The molecule has 20 heavy (non-hydrogen) atoms. The highest BCUT2D eigenvalue weighted by molar-refractivity contribution is 7.92. The zero-order valence-electron chi connectivity index (χ0n) is 9.90. The van der Waals surface area contributed by atoms with E-state index in [9.17, 15) is 21.6 Å². The van der Waals surface area contributed by atoms with Crippen molar-refractivity contribution in [3.63, 3.8) is 0 Å². The van der Waals surface area contributed by atoms with Crippen molar-refractivity contribution in [2.45, 2.75) is 4.90 Å². The molecule has 0 bridgehead atoms. The topological polar surface area (TPSA) is 72.2 Å². The third kappa shape index (κ3) is 2.85. The molecule has 0 atom stereocenters. The lowest BCUT2D eigenvalue weighted by atomic mass is 10.3. The monoisotopic (exact) mass is 302 g/mol. The second-order valence-electron chi connectivity index (χ2n) is 3.91. The van der Waals surface area contributed by atoms with E-state index in [1.807, 2.05) is 4.72 Å². The Morgan fingerprint density at radius 1 is 0.950 bits per heavy atom. The summed E-state index contributed by atoms with van der Waals surface area (Å²) in [5.41, 5.74) is 4.64. The Kier molecular flexibility index (Phi) is 3.58. The molecule has 0 aliphatic rings. The van der Waals surface area contributed by atoms with Crippen LogP contribution >= 0.6 is 0 Å². The molecule has 4 nitrogen and oxygen atoms in total. The molecule has 0 radical (unpaired) electrons. The third-order valence-corrected chi connectivity index (χ3v) is 3.86. The molecule has 0 aromatic heterocycles. The minimum Gasteiger partial charge on any atom is -0.398 e. The van der Waals surface area contributed by atoms with Crippen molar-refractivity contribution in [2.24, 2.45) is 0 Å². The molecule has 0 aliphatic heterocycles. The number of nitrogens with one attached hydrogen (secondary N) is 1. The van der Waals surface area contributed by atoms with Gasteiger partial charge in [0.1, 0.15) is 22.3 Å². The normalized spacial score (nSPS) is 11.3. The average molecular weight is 302 g/mol. The van der Waals surface area contributed by atoms with E-state index in [-0.39, 0.29) is 5.69 Å². The first-order valence-corrected chi connectivity index (χ1v) is 6.81. The molecule has 2 rings (SSSR count). The van der Waals surface area contributed by atoms with Crippen LogP contribution in [0.15, 0.2) is 41.3 Å². The molecule has 106 valence electrons. The van der Waals surface area contributed by atoms with E-state index in [2.05, 4.69) is 0 Å². The first-order valence-electron chi connectivity index (χ1n) is 5.32. The molecule has 8 heteroatoms. The van der Waals surface area contributed by atoms with E-state index in [0.29, 0.717) is 12.1 Å². The van der Waals surface area contributed by atoms with Crippen LogP contribution in [0.5, 0.6) is 0 Å². The minimum absolute atomic E-state index is 0.212. The summed E-state index contributed by atoms with van der Waals surface area (Å²) in [5, 5.41) is 0. The molecule has 0 aliphatic carbocycles. The summed E-state index contributed by atoms with van der Waals surface area (Å²) in [6.45, 7) is 0. The fourth-order valence-corrected chi connectivity index (χ4v) is 2.72. The van der Waals surface area contributed by atoms with Gasteiger partial charge in [-0.15, -0.1) is 0 Å². The molecule has 0 spiro atoms. The molecule has 0 fully saturated rings. The van der Waals surface area contributed by atoms with E-state index in [0.717, 1.165) is 24.3 Å². The summed E-state index contributed by atoms with van der Waals surface area (Å²) in [7, 11) is -4.33. The van der Waals surface area contributed by atoms with Crippen LogP contribution in [-0.4, -0.2) is 8.42 Å². The SMILES string of the molecule is Nc1ccc(F)cc1S(=O)(=O)Nc1cc(F)ccc1F. The van der Waals surface area contributed by atoms with Crippen molar-refractivity contribution in [2.75, 3.05) is 10.5 Å². The first-order chi connectivity index (χ1) is 9.29. The largest absolute Gasteiger partial charge is 0.398 e. The Labute approximate surface area is 113 Å². The van der Waals surface area contributed by atoms with Gasteiger partial charge in [0.15, 0.2) is 0 Å². The highest BCUT2D eigenvalue weighted by atomic mass is 32.2. The molecule has 0 unspecified atom stereocenters. The van der Waals surface area contributed by atoms with Crippen LogP contribution in [0.1, 0.15) is 0 Å². The molecule has 0 amide bonds. The number of hydrogen-bond acceptors (Lipinski definition) is 3. The van der Waals surface area contributed by atoms with Gasteiger partial charge in [0.25, 0.3) is 10.0 Å². The Hall–Kier alpha value is -2.22. The number of anilines is 2. The van der Waals surface area contributed by atoms with Gasteiger partial charge in [-0.2, -0.15) is 0 Å². The lowest BCUT2D eigenvalue weighted by Gasteiger charge is -2.11. The fraction of sp³-hybridized carbons (Fsp3) is 0. The van der Waals surface area contributed by atoms with Crippen molar-refractivity contribution in [1.29, 1.82) is 0 Å². The number of benzene rings is 2. The average Bonchev–Trinajstić information content (AvgIpc) is 2.36. The Morgan fingerprint density at radius 3 is 2.25 bits per heavy atom.